The van der Waals surface area contributed by atoms with Crippen molar-refractivity contribution in [3.63, 3.8) is 0 Å². The first-order chi connectivity index (χ1) is 7.15. The lowest BCUT2D eigenvalue weighted by atomic mass is 10.2. The van der Waals surface area contributed by atoms with Gasteiger partial charge in [-0.25, -0.2) is 14.8 Å². The highest BCUT2D eigenvalue weighted by atomic mass is 16.4. The molecule has 0 saturated carbocycles. The van der Waals surface area contributed by atoms with Gasteiger partial charge in [0.15, 0.2) is 0 Å². The zero-order valence-corrected chi connectivity index (χ0v) is 8.17. The van der Waals surface area contributed by atoms with Gasteiger partial charge in [0.1, 0.15) is 6.04 Å². The Hall–Kier alpha value is -1.98. The maximum atomic E-state index is 11.4. The van der Waals surface area contributed by atoms with E-state index >= 15 is 0 Å². The van der Waals surface area contributed by atoms with E-state index in [9.17, 15) is 9.59 Å². The summed E-state index contributed by atoms with van der Waals surface area (Å²) in [5, 5.41) is 11.0. The van der Waals surface area contributed by atoms with Crippen LogP contribution in [0, 0.1) is 0 Å². The quantitative estimate of drug-likeness (QED) is 0.732. The Morgan fingerprint density at radius 2 is 2.07 bits per heavy atom. The molecule has 0 spiro atoms. The number of aliphatic carboxylic acids is 1. The number of amides is 1. The smallest absolute Gasteiger partial charge is 0.326 e. The third kappa shape index (κ3) is 3.01. The molecule has 80 valence electrons. The monoisotopic (exact) mass is 209 g/mol. The van der Waals surface area contributed by atoms with Crippen molar-refractivity contribution < 1.29 is 14.7 Å². The summed E-state index contributed by atoms with van der Waals surface area (Å²) in [7, 11) is 0. The lowest BCUT2D eigenvalue weighted by Crippen LogP contribution is -2.40. The first kappa shape index (κ1) is 11.1. The molecule has 1 heterocycles. The number of nitrogens with zero attached hydrogens (tertiary/aromatic N) is 2. The average molecular weight is 209 g/mol. The number of carboxylic acids is 1. The molecule has 0 saturated heterocycles. The van der Waals surface area contributed by atoms with Crippen LogP contribution in [0.1, 0.15) is 24.0 Å². The maximum Gasteiger partial charge on any atom is 0.326 e. The molecule has 1 unspecified atom stereocenters. The van der Waals surface area contributed by atoms with Crippen LogP contribution in [0.3, 0.4) is 0 Å². The van der Waals surface area contributed by atoms with Gasteiger partial charge in [-0.15, -0.1) is 0 Å². The van der Waals surface area contributed by atoms with E-state index in [1.54, 1.807) is 13.0 Å². The Bertz CT molecular complexity index is 353. The van der Waals surface area contributed by atoms with Gasteiger partial charge in [0.2, 0.25) is 5.82 Å². The molecule has 0 bridgehead atoms. The summed E-state index contributed by atoms with van der Waals surface area (Å²) in [6.45, 7) is 1.67. The number of aromatic nitrogens is 2. The SMILES string of the molecule is CCC(NC(=O)c1ncccn1)C(=O)O. The lowest BCUT2D eigenvalue weighted by molar-refractivity contribution is -0.139. The van der Waals surface area contributed by atoms with Crippen molar-refractivity contribution in [2.45, 2.75) is 19.4 Å². The van der Waals surface area contributed by atoms with Gasteiger partial charge in [-0.1, -0.05) is 6.92 Å². The Morgan fingerprint density at radius 1 is 1.47 bits per heavy atom. The molecule has 6 nitrogen and oxygen atoms in total. The average Bonchev–Trinajstić information content (AvgIpc) is 2.26. The summed E-state index contributed by atoms with van der Waals surface area (Å²) in [5.74, 6) is -1.68. The molecule has 0 aliphatic heterocycles. The van der Waals surface area contributed by atoms with Crippen LogP contribution in [-0.4, -0.2) is 33.0 Å². The number of carbonyl (C=O) groups excluding carboxylic acids is 1. The van der Waals surface area contributed by atoms with E-state index in [4.69, 9.17) is 5.11 Å². The molecule has 15 heavy (non-hydrogen) atoms. The van der Waals surface area contributed by atoms with E-state index in [-0.39, 0.29) is 5.82 Å². The van der Waals surface area contributed by atoms with Gasteiger partial charge in [0, 0.05) is 12.4 Å². The summed E-state index contributed by atoms with van der Waals surface area (Å²) in [4.78, 5) is 29.5. The molecule has 1 atom stereocenters. The van der Waals surface area contributed by atoms with E-state index in [1.807, 2.05) is 0 Å². The largest absolute Gasteiger partial charge is 0.480 e. The third-order valence-electron chi connectivity index (χ3n) is 1.78. The predicted octanol–water partition coefficient (Wildman–Crippen LogP) is 0.0696. The van der Waals surface area contributed by atoms with Gasteiger partial charge >= 0.3 is 5.97 Å². The fourth-order valence-corrected chi connectivity index (χ4v) is 0.978. The number of nitrogens with one attached hydrogen (secondary N) is 1. The number of hydrogen-bond acceptors (Lipinski definition) is 4. The fraction of sp³-hybridized carbons (Fsp3) is 0.333. The van der Waals surface area contributed by atoms with Crippen LogP contribution in [0.2, 0.25) is 0 Å². The third-order valence-corrected chi connectivity index (χ3v) is 1.78. The Balaban J connectivity index is 2.67. The molecule has 1 amide bonds. The zero-order valence-electron chi connectivity index (χ0n) is 8.17. The topological polar surface area (TPSA) is 92.2 Å². The van der Waals surface area contributed by atoms with Gasteiger partial charge < -0.3 is 10.4 Å². The highest BCUT2D eigenvalue weighted by molar-refractivity contribution is 5.93. The van der Waals surface area contributed by atoms with E-state index in [1.165, 1.54) is 12.4 Å². The van der Waals surface area contributed by atoms with Crippen LogP contribution in [-0.2, 0) is 4.79 Å². The standard InChI is InChI=1S/C9H11N3O3/c1-2-6(9(14)15)12-8(13)7-10-4-3-5-11-7/h3-6H,2H2,1H3,(H,12,13)(H,14,15). The van der Waals surface area contributed by atoms with Crippen molar-refractivity contribution in [2.24, 2.45) is 0 Å². The molecule has 0 fully saturated rings. The predicted molar refractivity (Wildman–Crippen MR) is 51.2 cm³/mol. The Morgan fingerprint density at radius 3 is 2.53 bits per heavy atom. The van der Waals surface area contributed by atoms with Gasteiger partial charge in [-0.3, -0.25) is 4.79 Å². The molecule has 2 N–H and O–H groups in total. The number of hydrogen-bond donors (Lipinski definition) is 2. The van der Waals surface area contributed by atoms with Crippen molar-refractivity contribution in [2.75, 3.05) is 0 Å². The summed E-state index contributed by atoms with van der Waals surface area (Å²) in [6, 6.07) is 0.673. The molecule has 0 aliphatic carbocycles. The van der Waals surface area contributed by atoms with Gasteiger partial charge in [-0.2, -0.15) is 0 Å². The Labute approximate surface area is 86.4 Å². The maximum absolute atomic E-state index is 11.4. The number of carbonyl (C=O) groups is 2. The molecule has 1 aromatic heterocycles. The van der Waals surface area contributed by atoms with E-state index in [0.29, 0.717) is 6.42 Å². The van der Waals surface area contributed by atoms with E-state index < -0.39 is 17.9 Å². The van der Waals surface area contributed by atoms with Gasteiger partial charge in [0.05, 0.1) is 0 Å². The number of rotatable bonds is 4. The molecule has 0 aliphatic rings. The minimum Gasteiger partial charge on any atom is -0.480 e. The van der Waals surface area contributed by atoms with Crippen LogP contribution in [0.5, 0.6) is 0 Å². The molecule has 6 heteroatoms. The second-order valence-electron chi connectivity index (χ2n) is 2.84. The Kier molecular flexibility index (Phi) is 3.73. The van der Waals surface area contributed by atoms with Crippen molar-refractivity contribution >= 4 is 11.9 Å². The summed E-state index contributed by atoms with van der Waals surface area (Å²) in [5.41, 5.74) is 0. The molecule has 1 rings (SSSR count). The summed E-state index contributed by atoms with van der Waals surface area (Å²) < 4.78 is 0. The highest BCUT2D eigenvalue weighted by Crippen LogP contribution is 1.94. The van der Waals surface area contributed by atoms with Crippen LogP contribution < -0.4 is 5.32 Å². The molecule has 0 aromatic carbocycles. The molecule has 0 radical (unpaired) electrons. The first-order valence-electron chi connectivity index (χ1n) is 4.45. The first-order valence-corrected chi connectivity index (χ1v) is 4.45. The van der Waals surface area contributed by atoms with E-state index in [0.717, 1.165) is 0 Å². The second kappa shape index (κ2) is 5.04. The molecule has 1 aromatic rings. The minimum atomic E-state index is -1.07. The molecular formula is C9H11N3O3. The lowest BCUT2D eigenvalue weighted by Gasteiger charge is -2.10. The van der Waals surface area contributed by atoms with Crippen molar-refractivity contribution in [3.05, 3.63) is 24.3 Å². The van der Waals surface area contributed by atoms with Gasteiger partial charge in [-0.05, 0) is 12.5 Å². The summed E-state index contributed by atoms with van der Waals surface area (Å²) in [6.07, 6.45) is 3.15. The van der Waals surface area contributed by atoms with Crippen molar-refractivity contribution in [1.82, 2.24) is 15.3 Å². The second-order valence-corrected chi connectivity index (χ2v) is 2.84. The van der Waals surface area contributed by atoms with Crippen molar-refractivity contribution in [3.8, 4) is 0 Å². The van der Waals surface area contributed by atoms with Crippen molar-refractivity contribution in [1.29, 1.82) is 0 Å². The fourth-order valence-electron chi connectivity index (χ4n) is 0.978. The minimum absolute atomic E-state index is 0.0304. The summed E-state index contributed by atoms with van der Waals surface area (Å²) >= 11 is 0. The number of carboxylic acid groups (broad SMARTS) is 1. The van der Waals surface area contributed by atoms with Crippen LogP contribution in [0.25, 0.3) is 0 Å². The van der Waals surface area contributed by atoms with Crippen LogP contribution >= 0.6 is 0 Å². The zero-order chi connectivity index (χ0) is 11.3. The van der Waals surface area contributed by atoms with E-state index in [2.05, 4.69) is 15.3 Å². The highest BCUT2D eigenvalue weighted by Gasteiger charge is 2.19. The van der Waals surface area contributed by atoms with Crippen LogP contribution in [0.15, 0.2) is 18.5 Å². The van der Waals surface area contributed by atoms with Crippen LogP contribution in [0.4, 0.5) is 0 Å². The molecular weight excluding hydrogens is 198 g/mol. The normalized spacial score (nSPS) is 11.8. The van der Waals surface area contributed by atoms with Gasteiger partial charge in [0.25, 0.3) is 5.91 Å².